The zero-order valence-corrected chi connectivity index (χ0v) is 16.8. The number of amides is 1. The lowest BCUT2D eigenvalue weighted by Gasteiger charge is -2.29. The quantitative estimate of drug-likeness (QED) is 0.651. The zero-order chi connectivity index (χ0) is 21.0. The SMILES string of the molecule is CCOCN1C(=O)C(=NNc2nc(OC)cc(OC)n2)S(=O)(=O)c2ccccc21. The Kier molecular flexibility index (Phi) is 5.94. The number of benzene rings is 1. The molecular weight excluding hydrogens is 402 g/mol. The minimum atomic E-state index is -4.17. The Hall–Kier alpha value is -3.25. The van der Waals surface area contributed by atoms with E-state index < -0.39 is 20.8 Å². The first-order valence-electron chi connectivity index (χ1n) is 8.46. The molecule has 12 heteroatoms. The van der Waals surface area contributed by atoms with Gasteiger partial charge in [0.25, 0.3) is 5.91 Å². The molecule has 0 saturated carbocycles. The number of para-hydroxylation sites is 1. The molecule has 1 aliphatic rings. The first-order chi connectivity index (χ1) is 13.9. The molecule has 3 rings (SSSR count). The van der Waals surface area contributed by atoms with Gasteiger partial charge in [0, 0.05) is 6.61 Å². The van der Waals surface area contributed by atoms with E-state index in [9.17, 15) is 13.2 Å². The van der Waals surface area contributed by atoms with Crippen LogP contribution in [0, 0.1) is 0 Å². The molecule has 2 aromatic rings. The molecule has 0 aliphatic carbocycles. The van der Waals surface area contributed by atoms with Crippen molar-refractivity contribution in [1.29, 1.82) is 0 Å². The number of aromatic nitrogens is 2. The van der Waals surface area contributed by atoms with Crippen molar-refractivity contribution in [3.8, 4) is 11.8 Å². The molecule has 1 aromatic heterocycles. The Bertz CT molecular complexity index is 1030. The average molecular weight is 421 g/mol. The minimum Gasteiger partial charge on any atom is -0.481 e. The third-order valence-electron chi connectivity index (χ3n) is 3.91. The van der Waals surface area contributed by atoms with Crippen molar-refractivity contribution >= 4 is 32.4 Å². The van der Waals surface area contributed by atoms with Gasteiger partial charge in [-0.1, -0.05) is 12.1 Å². The van der Waals surface area contributed by atoms with Gasteiger partial charge in [-0.3, -0.25) is 9.69 Å². The van der Waals surface area contributed by atoms with Gasteiger partial charge in [-0.15, -0.1) is 0 Å². The predicted molar refractivity (Wildman–Crippen MR) is 104 cm³/mol. The van der Waals surface area contributed by atoms with Crippen LogP contribution in [0.25, 0.3) is 0 Å². The van der Waals surface area contributed by atoms with E-state index in [1.807, 2.05) is 0 Å². The number of hydrazone groups is 1. The number of ether oxygens (including phenoxy) is 3. The minimum absolute atomic E-state index is 0.0519. The number of fused-ring (bicyclic) bond motifs is 1. The van der Waals surface area contributed by atoms with Crippen LogP contribution in [-0.2, 0) is 19.4 Å². The van der Waals surface area contributed by atoms with E-state index in [1.54, 1.807) is 19.1 Å². The van der Waals surface area contributed by atoms with E-state index >= 15 is 0 Å². The van der Waals surface area contributed by atoms with E-state index in [1.165, 1.54) is 37.3 Å². The molecule has 1 N–H and O–H groups in total. The molecule has 11 nitrogen and oxygen atoms in total. The maximum absolute atomic E-state index is 13.0. The summed E-state index contributed by atoms with van der Waals surface area (Å²) in [7, 11) is -1.37. The molecule has 1 amide bonds. The highest BCUT2D eigenvalue weighted by Gasteiger charge is 2.41. The molecular formula is C17H19N5O6S. The highest BCUT2D eigenvalue weighted by atomic mass is 32.2. The molecule has 154 valence electrons. The number of anilines is 2. The van der Waals surface area contributed by atoms with Crippen molar-refractivity contribution in [3.05, 3.63) is 30.3 Å². The van der Waals surface area contributed by atoms with Gasteiger partial charge in [0.15, 0.2) is 0 Å². The largest absolute Gasteiger partial charge is 0.481 e. The third-order valence-corrected chi connectivity index (χ3v) is 5.61. The lowest BCUT2D eigenvalue weighted by molar-refractivity contribution is -0.113. The maximum Gasteiger partial charge on any atom is 0.292 e. The zero-order valence-electron chi connectivity index (χ0n) is 15.9. The number of rotatable bonds is 7. The van der Waals surface area contributed by atoms with Crippen LogP contribution in [0.5, 0.6) is 11.8 Å². The number of nitrogens with one attached hydrogen (secondary N) is 1. The van der Waals surface area contributed by atoms with Crippen LogP contribution in [-0.4, -0.2) is 56.9 Å². The van der Waals surface area contributed by atoms with Crippen molar-refractivity contribution in [1.82, 2.24) is 9.97 Å². The molecule has 0 bridgehead atoms. The summed E-state index contributed by atoms with van der Waals surface area (Å²) in [6.45, 7) is 1.99. The van der Waals surface area contributed by atoms with E-state index in [-0.39, 0.29) is 35.0 Å². The number of carbonyl (C=O) groups is 1. The fourth-order valence-electron chi connectivity index (χ4n) is 2.53. The number of methoxy groups -OCH3 is 2. The number of carbonyl (C=O) groups excluding carboxylic acids is 1. The van der Waals surface area contributed by atoms with E-state index in [2.05, 4.69) is 20.5 Å². The van der Waals surface area contributed by atoms with Gasteiger partial charge in [0.1, 0.15) is 6.73 Å². The lowest BCUT2D eigenvalue weighted by atomic mass is 10.3. The Morgan fingerprint density at radius 3 is 2.41 bits per heavy atom. The highest BCUT2D eigenvalue weighted by Crippen LogP contribution is 2.32. The summed E-state index contributed by atoms with van der Waals surface area (Å²) in [5.41, 5.74) is 2.62. The summed E-state index contributed by atoms with van der Waals surface area (Å²) >= 11 is 0. The number of hydrogen-bond donors (Lipinski definition) is 1. The summed E-state index contributed by atoms with van der Waals surface area (Å²) in [5, 5.41) is 3.08. The molecule has 0 fully saturated rings. The molecule has 1 aromatic carbocycles. The first kappa shape index (κ1) is 20.5. The molecule has 1 aliphatic heterocycles. The third kappa shape index (κ3) is 3.98. The average Bonchev–Trinajstić information content (AvgIpc) is 2.73. The Morgan fingerprint density at radius 1 is 1.14 bits per heavy atom. The second-order valence-electron chi connectivity index (χ2n) is 5.63. The molecule has 0 unspecified atom stereocenters. The standard InChI is InChI=1S/C17H19N5O6S/c1-4-28-10-22-11-7-5-6-8-12(11)29(24,25)15(16(22)23)20-21-17-18-13(26-2)9-14(19-17)27-3/h5-9H,4,10H2,1-3H3,(H,18,19,21). The first-order valence-corrected chi connectivity index (χ1v) is 9.95. The molecule has 2 heterocycles. The summed E-state index contributed by atoms with van der Waals surface area (Å²) in [5.74, 6) is -0.604. The second-order valence-corrected chi connectivity index (χ2v) is 7.46. The van der Waals surface area contributed by atoms with Crippen molar-refractivity contribution in [2.24, 2.45) is 5.10 Å². The van der Waals surface area contributed by atoms with Gasteiger partial charge >= 0.3 is 0 Å². The predicted octanol–water partition coefficient (Wildman–Crippen LogP) is 1.03. The number of nitrogens with zero attached hydrogens (tertiary/aromatic N) is 4. The van der Waals surface area contributed by atoms with E-state index in [0.717, 1.165) is 0 Å². The van der Waals surface area contributed by atoms with Gasteiger partial charge < -0.3 is 14.2 Å². The van der Waals surface area contributed by atoms with Crippen LogP contribution in [0.4, 0.5) is 11.6 Å². The molecule has 0 atom stereocenters. The van der Waals surface area contributed by atoms with Crippen LogP contribution < -0.4 is 19.8 Å². The van der Waals surface area contributed by atoms with Gasteiger partial charge in [-0.25, -0.2) is 13.8 Å². The summed E-state index contributed by atoms with van der Waals surface area (Å²) in [4.78, 5) is 22.0. The maximum atomic E-state index is 13.0. The Labute approximate surface area is 167 Å². The van der Waals surface area contributed by atoms with Crippen molar-refractivity contribution in [2.45, 2.75) is 11.8 Å². The Balaban J connectivity index is 2.03. The Morgan fingerprint density at radius 2 is 1.79 bits per heavy atom. The van der Waals surface area contributed by atoms with Crippen LogP contribution in [0.1, 0.15) is 6.92 Å². The summed E-state index contributed by atoms with van der Waals surface area (Å²) < 4.78 is 41.3. The highest BCUT2D eigenvalue weighted by molar-refractivity contribution is 8.08. The molecule has 0 spiro atoms. The van der Waals surface area contributed by atoms with Crippen LogP contribution >= 0.6 is 0 Å². The number of sulfone groups is 1. The van der Waals surface area contributed by atoms with Gasteiger partial charge in [0.2, 0.25) is 32.6 Å². The normalized spacial score (nSPS) is 16.4. The molecule has 0 saturated heterocycles. The number of hydrogen-bond acceptors (Lipinski definition) is 10. The fourth-order valence-corrected chi connectivity index (χ4v) is 3.96. The van der Waals surface area contributed by atoms with Gasteiger partial charge in [0.05, 0.1) is 30.9 Å². The van der Waals surface area contributed by atoms with Crippen LogP contribution in [0.2, 0.25) is 0 Å². The summed E-state index contributed by atoms with van der Waals surface area (Å²) in [6, 6.07) is 7.56. The monoisotopic (exact) mass is 421 g/mol. The second kappa shape index (κ2) is 8.41. The van der Waals surface area contributed by atoms with Gasteiger partial charge in [-0.2, -0.15) is 15.1 Å². The fraction of sp³-hybridized carbons (Fsp3) is 0.294. The molecule has 0 radical (unpaired) electrons. The topological polar surface area (TPSA) is 132 Å². The summed E-state index contributed by atoms with van der Waals surface area (Å²) in [6.07, 6.45) is 0. The van der Waals surface area contributed by atoms with Crippen molar-refractivity contribution < 1.29 is 27.4 Å². The van der Waals surface area contributed by atoms with Crippen LogP contribution in [0.3, 0.4) is 0 Å². The molecule has 29 heavy (non-hydrogen) atoms. The lowest BCUT2D eigenvalue weighted by Crippen LogP contribution is -2.46. The van der Waals surface area contributed by atoms with E-state index in [4.69, 9.17) is 14.2 Å². The van der Waals surface area contributed by atoms with Crippen LogP contribution in [0.15, 0.2) is 40.3 Å². The van der Waals surface area contributed by atoms with Crippen molar-refractivity contribution in [2.75, 3.05) is 37.9 Å². The van der Waals surface area contributed by atoms with E-state index in [0.29, 0.717) is 6.61 Å². The van der Waals surface area contributed by atoms with Crippen molar-refractivity contribution in [3.63, 3.8) is 0 Å². The smallest absolute Gasteiger partial charge is 0.292 e. The van der Waals surface area contributed by atoms with Gasteiger partial charge in [-0.05, 0) is 19.1 Å².